The fourth-order valence-corrected chi connectivity index (χ4v) is 1.11. The number of carbonyl (C=O) groups excluding carboxylic acids is 1. The molecule has 0 heterocycles. The lowest BCUT2D eigenvalue weighted by Crippen LogP contribution is -2.06. The van der Waals surface area contributed by atoms with E-state index in [0.717, 1.165) is 5.75 Å². The maximum Gasteiger partial charge on any atom is 0.305 e. The van der Waals surface area contributed by atoms with Gasteiger partial charge in [-0.25, -0.2) is 0 Å². The summed E-state index contributed by atoms with van der Waals surface area (Å²) < 4.78 is 10.2. The van der Waals surface area contributed by atoms with Crippen LogP contribution in [0.3, 0.4) is 0 Å². The third-order valence-electron chi connectivity index (χ3n) is 1.78. The first-order valence-corrected chi connectivity index (χ1v) is 5.07. The Kier molecular flexibility index (Phi) is 5.30. The van der Waals surface area contributed by atoms with Gasteiger partial charge in [0.2, 0.25) is 0 Å². The summed E-state index contributed by atoms with van der Waals surface area (Å²) in [4.78, 5) is 11.0. The van der Waals surface area contributed by atoms with Gasteiger partial charge in [-0.05, 0) is 31.5 Å². The van der Waals surface area contributed by atoms with Crippen LogP contribution in [0.4, 0.5) is 0 Å². The van der Waals surface area contributed by atoms with Gasteiger partial charge < -0.3 is 9.47 Å². The highest BCUT2D eigenvalue weighted by molar-refractivity contribution is 5.69. The van der Waals surface area contributed by atoms with Crippen molar-refractivity contribution in [2.75, 3.05) is 13.2 Å². The zero-order valence-corrected chi connectivity index (χ0v) is 8.86. The minimum absolute atomic E-state index is 0.166. The van der Waals surface area contributed by atoms with Crippen LogP contribution in [-0.2, 0) is 9.53 Å². The second-order valence-corrected chi connectivity index (χ2v) is 3.00. The molecule has 0 unspecified atom stereocenters. The fourth-order valence-electron chi connectivity index (χ4n) is 1.11. The summed E-state index contributed by atoms with van der Waals surface area (Å²) in [6.07, 6.45) is 1.08. The van der Waals surface area contributed by atoms with Crippen LogP contribution in [0.25, 0.3) is 0 Å². The molecular formula is C12H15O3. The molecule has 81 valence electrons. The van der Waals surface area contributed by atoms with Crippen LogP contribution in [0, 0.1) is 6.07 Å². The first-order chi connectivity index (χ1) is 7.33. The summed E-state index contributed by atoms with van der Waals surface area (Å²) >= 11 is 0. The minimum Gasteiger partial charge on any atom is -0.494 e. The molecule has 0 amide bonds. The molecule has 0 aliphatic carbocycles. The topological polar surface area (TPSA) is 35.5 Å². The maximum absolute atomic E-state index is 11.0. The average molecular weight is 207 g/mol. The normalized spacial score (nSPS) is 9.67. The van der Waals surface area contributed by atoms with Gasteiger partial charge in [0.25, 0.3) is 0 Å². The van der Waals surface area contributed by atoms with Crippen LogP contribution in [0.1, 0.15) is 19.8 Å². The van der Waals surface area contributed by atoms with E-state index in [-0.39, 0.29) is 5.97 Å². The van der Waals surface area contributed by atoms with E-state index in [9.17, 15) is 4.79 Å². The summed E-state index contributed by atoms with van der Waals surface area (Å²) in [5.74, 6) is 0.613. The molecule has 1 rings (SSSR count). The van der Waals surface area contributed by atoms with Gasteiger partial charge in [0, 0.05) is 6.42 Å². The van der Waals surface area contributed by atoms with Crippen LogP contribution >= 0.6 is 0 Å². The lowest BCUT2D eigenvalue weighted by molar-refractivity contribution is -0.143. The van der Waals surface area contributed by atoms with Gasteiger partial charge in [0.15, 0.2) is 0 Å². The second kappa shape index (κ2) is 6.87. The Morgan fingerprint density at radius 2 is 2.40 bits per heavy atom. The van der Waals surface area contributed by atoms with E-state index in [4.69, 9.17) is 9.47 Å². The Morgan fingerprint density at radius 1 is 1.53 bits per heavy atom. The molecule has 0 bridgehead atoms. The number of esters is 1. The lowest BCUT2D eigenvalue weighted by Gasteiger charge is -2.05. The monoisotopic (exact) mass is 207 g/mol. The molecule has 0 aliphatic heterocycles. The molecule has 0 spiro atoms. The smallest absolute Gasteiger partial charge is 0.305 e. The summed E-state index contributed by atoms with van der Waals surface area (Å²) in [7, 11) is 0. The summed E-state index contributed by atoms with van der Waals surface area (Å²) in [6, 6.07) is 10.2. The molecule has 3 heteroatoms. The van der Waals surface area contributed by atoms with Crippen molar-refractivity contribution in [2.45, 2.75) is 19.8 Å². The van der Waals surface area contributed by atoms with Gasteiger partial charge in [0.05, 0.1) is 13.2 Å². The van der Waals surface area contributed by atoms with Crippen LogP contribution < -0.4 is 4.74 Å². The van der Waals surface area contributed by atoms with Gasteiger partial charge in [-0.15, -0.1) is 0 Å². The zero-order valence-electron chi connectivity index (χ0n) is 8.86. The van der Waals surface area contributed by atoms with Crippen molar-refractivity contribution in [3.63, 3.8) is 0 Å². The van der Waals surface area contributed by atoms with Crippen molar-refractivity contribution in [2.24, 2.45) is 0 Å². The van der Waals surface area contributed by atoms with Gasteiger partial charge in [-0.2, -0.15) is 0 Å². The van der Waals surface area contributed by atoms with E-state index in [1.807, 2.05) is 18.2 Å². The minimum atomic E-state index is -0.166. The molecule has 0 fully saturated rings. The largest absolute Gasteiger partial charge is 0.494 e. The number of rotatable bonds is 6. The first kappa shape index (κ1) is 11.6. The Hall–Kier alpha value is -1.51. The second-order valence-electron chi connectivity index (χ2n) is 3.00. The van der Waals surface area contributed by atoms with Gasteiger partial charge in [-0.1, -0.05) is 12.1 Å². The van der Waals surface area contributed by atoms with Crippen molar-refractivity contribution in [1.82, 2.24) is 0 Å². The number of carbonyl (C=O) groups is 1. The number of hydrogen-bond acceptors (Lipinski definition) is 3. The molecule has 0 N–H and O–H groups in total. The maximum atomic E-state index is 11.0. The molecule has 0 aliphatic rings. The Bertz CT molecular complexity index is 282. The van der Waals surface area contributed by atoms with Crippen molar-refractivity contribution in [3.05, 3.63) is 30.3 Å². The molecule has 15 heavy (non-hydrogen) atoms. The first-order valence-electron chi connectivity index (χ1n) is 5.07. The van der Waals surface area contributed by atoms with Crippen LogP contribution in [0.5, 0.6) is 5.75 Å². The number of ether oxygens (including phenoxy) is 2. The van der Waals surface area contributed by atoms with Crippen LogP contribution in [-0.4, -0.2) is 19.2 Å². The predicted octanol–water partition coefficient (Wildman–Crippen LogP) is 2.21. The molecule has 1 aromatic carbocycles. The van der Waals surface area contributed by atoms with Gasteiger partial charge in [0.1, 0.15) is 5.75 Å². The standard InChI is InChI=1S/C12H15O3/c1-2-14-12(13)9-6-10-15-11-7-4-3-5-8-11/h3-4,7-8H,2,6,9-10H2,1H3. The predicted molar refractivity (Wildman–Crippen MR) is 56.6 cm³/mol. The highest BCUT2D eigenvalue weighted by atomic mass is 16.5. The van der Waals surface area contributed by atoms with Crippen molar-refractivity contribution >= 4 is 5.97 Å². The Morgan fingerprint density at radius 3 is 3.07 bits per heavy atom. The molecule has 3 nitrogen and oxygen atoms in total. The number of benzene rings is 1. The Balaban J connectivity index is 2.10. The summed E-state index contributed by atoms with van der Waals surface area (Å²) in [6.45, 7) is 2.76. The van der Waals surface area contributed by atoms with Gasteiger partial charge >= 0.3 is 5.97 Å². The van der Waals surface area contributed by atoms with E-state index < -0.39 is 0 Å². The molecule has 0 saturated heterocycles. The summed E-state index contributed by atoms with van der Waals surface area (Å²) in [5.41, 5.74) is 0. The van der Waals surface area contributed by atoms with Crippen molar-refractivity contribution in [3.8, 4) is 5.75 Å². The fraction of sp³-hybridized carbons (Fsp3) is 0.417. The van der Waals surface area contributed by atoms with Crippen molar-refractivity contribution in [1.29, 1.82) is 0 Å². The van der Waals surface area contributed by atoms with E-state index in [1.54, 1.807) is 13.0 Å². The van der Waals surface area contributed by atoms with Crippen LogP contribution in [0.15, 0.2) is 24.3 Å². The third-order valence-corrected chi connectivity index (χ3v) is 1.78. The average Bonchev–Trinajstić information content (AvgIpc) is 2.26. The third kappa shape index (κ3) is 5.05. The van der Waals surface area contributed by atoms with Crippen molar-refractivity contribution < 1.29 is 14.3 Å². The van der Waals surface area contributed by atoms with E-state index in [2.05, 4.69) is 6.07 Å². The van der Waals surface area contributed by atoms with E-state index in [1.165, 1.54) is 0 Å². The Labute approximate surface area is 90.0 Å². The van der Waals surface area contributed by atoms with E-state index >= 15 is 0 Å². The molecule has 1 aromatic rings. The van der Waals surface area contributed by atoms with E-state index in [0.29, 0.717) is 26.1 Å². The molecule has 0 atom stereocenters. The highest BCUT2D eigenvalue weighted by Crippen LogP contribution is 2.08. The lowest BCUT2D eigenvalue weighted by atomic mass is 10.3. The van der Waals surface area contributed by atoms with Gasteiger partial charge in [-0.3, -0.25) is 4.79 Å². The molecule has 0 aromatic heterocycles. The quantitative estimate of drug-likeness (QED) is 0.530. The highest BCUT2D eigenvalue weighted by Gasteiger charge is 2.00. The SMILES string of the molecule is CCOC(=O)CCCOc1c[c]ccc1. The zero-order chi connectivity index (χ0) is 10.9. The van der Waals surface area contributed by atoms with Crippen LogP contribution in [0.2, 0.25) is 0 Å². The summed E-state index contributed by atoms with van der Waals surface area (Å²) in [5, 5.41) is 0. The molecule has 1 radical (unpaired) electrons. The molecular weight excluding hydrogens is 192 g/mol. The number of hydrogen-bond donors (Lipinski definition) is 0. The molecule has 0 saturated carbocycles.